The van der Waals surface area contributed by atoms with Crippen LogP contribution in [0.2, 0.25) is 0 Å². The molecule has 0 aliphatic rings. The number of benzene rings is 1. The summed E-state index contributed by atoms with van der Waals surface area (Å²) >= 11 is 1.61. The number of likely N-dealkylation sites (N-methyl/N-ethyl adjacent to an activating group) is 1. The van der Waals surface area contributed by atoms with Gasteiger partial charge in [-0.1, -0.05) is 30.3 Å². The summed E-state index contributed by atoms with van der Waals surface area (Å²) in [5, 5.41) is 3.03. The van der Waals surface area contributed by atoms with E-state index in [1.165, 1.54) is 5.56 Å². The average Bonchev–Trinajstić information content (AvgIpc) is 3.04. The Kier molecular flexibility index (Phi) is 6.16. The van der Waals surface area contributed by atoms with E-state index in [2.05, 4.69) is 43.1 Å². The molecule has 0 aliphatic carbocycles. The first-order valence-electron chi connectivity index (χ1n) is 7.63. The van der Waals surface area contributed by atoms with Crippen molar-refractivity contribution in [3.05, 3.63) is 53.4 Å². The van der Waals surface area contributed by atoms with E-state index in [0.29, 0.717) is 6.04 Å². The van der Waals surface area contributed by atoms with Crippen LogP contribution in [-0.2, 0) is 11.2 Å². The van der Waals surface area contributed by atoms with Crippen molar-refractivity contribution in [2.24, 2.45) is 0 Å². The van der Waals surface area contributed by atoms with Crippen molar-refractivity contribution in [1.82, 2.24) is 4.90 Å². The fraction of sp³-hybridized carbons (Fsp3) is 0.389. The molecule has 0 bridgehead atoms. The molecular formula is C18H24N2OS. The lowest BCUT2D eigenvalue weighted by Gasteiger charge is -2.30. The number of amides is 1. The zero-order chi connectivity index (χ0) is 15.9. The van der Waals surface area contributed by atoms with E-state index in [0.717, 1.165) is 24.5 Å². The highest BCUT2D eigenvalue weighted by Crippen LogP contribution is 2.22. The van der Waals surface area contributed by atoms with Crippen LogP contribution in [0.4, 0.5) is 5.00 Å². The number of hydrogen-bond donors (Lipinski definition) is 0. The Balaban J connectivity index is 1.89. The largest absolute Gasteiger partial charge is 0.302 e. The van der Waals surface area contributed by atoms with Crippen LogP contribution < -0.4 is 4.90 Å². The second-order valence-electron chi connectivity index (χ2n) is 5.65. The molecule has 1 heterocycles. The summed E-state index contributed by atoms with van der Waals surface area (Å²) in [6.45, 7) is 5.52. The highest BCUT2D eigenvalue weighted by molar-refractivity contribution is 7.14. The third-order valence-corrected chi connectivity index (χ3v) is 4.84. The Morgan fingerprint density at radius 3 is 2.50 bits per heavy atom. The van der Waals surface area contributed by atoms with Gasteiger partial charge in [-0.05, 0) is 43.5 Å². The SMILES string of the molecule is CC(=O)N(CC(C)N(C)CCc1ccccc1)c1cccs1. The number of rotatable bonds is 7. The molecule has 22 heavy (non-hydrogen) atoms. The molecule has 0 spiro atoms. The van der Waals surface area contributed by atoms with Crippen molar-refractivity contribution in [2.45, 2.75) is 26.3 Å². The van der Waals surface area contributed by atoms with Gasteiger partial charge in [0, 0.05) is 26.1 Å². The second kappa shape index (κ2) is 8.11. The first kappa shape index (κ1) is 16.7. The Labute approximate surface area is 137 Å². The molecule has 0 saturated carbocycles. The highest BCUT2D eigenvalue weighted by atomic mass is 32.1. The summed E-state index contributed by atoms with van der Waals surface area (Å²) in [6.07, 6.45) is 1.03. The van der Waals surface area contributed by atoms with Crippen LogP contribution in [0.3, 0.4) is 0 Å². The number of anilines is 1. The first-order valence-corrected chi connectivity index (χ1v) is 8.51. The zero-order valence-corrected chi connectivity index (χ0v) is 14.3. The van der Waals surface area contributed by atoms with Crippen LogP contribution in [0.5, 0.6) is 0 Å². The van der Waals surface area contributed by atoms with Crippen molar-refractivity contribution in [3.8, 4) is 0 Å². The monoisotopic (exact) mass is 316 g/mol. The molecule has 0 saturated heterocycles. The summed E-state index contributed by atoms with van der Waals surface area (Å²) in [6, 6.07) is 14.8. The van der Waals surface area contributed by atoms with Gasteiger partial charge in [0.25, 0.3) is 0 Å². The van der Waals surface area contributed by atoms with Gasteiger partial charge in [0.1, 0.15) is 0 Å². The Bertz CT molecular complexity index is 568. The lowest BCUT2D eigenvalue weighted by atomic mass is 10.1. The summed E-state index contributed by atoms with van der Waals surface area (Å²) < 4.78 is 0. The number of thiophene rings is 1. The molecule has 118 valence electrons. The molecule has 1 unspecified atom stereocenters. The molecule has 0 fully saturated rings. The topological polar surface area (TPSA) is 23.6 Å². The summed E-state index contributed by atoms with van der Waals surface area (Å²) in [4.78, 5) is 16.1. The Morgan fingerprint density at radius 2 is 1.91 bits per heavy atom. The van der Waals surface area contributed by atoms with Crippen LogP contribution in [0.25, 0.3) is 0 Å². The van der Waals surface area contributed by atoms with Gasteiger partial charge in [-0.3, -0.25) is 4.79 Å². The minimum atomic E-state index is 0.103. The molecule has 3 nitrogen and oxygen atoms in total. The maximum absolute atomic E-state index is 11.9. The van der Waals surface area contributed by atoms with Gasteiger partial charge in [-0.2, -0.15) is 0 Å². The standard InChI is InChI=1S/C18H24N2OS/c1-15(14-20(16(2)21)18-10-7-13-22-18)19(3)12-11-17-8-5-4-6-9-17/h4-10,13,15H,11-12,14H2,1-3H3. The number of carbonyl (C=O) groups is 1. The number of nitrogens with zero attached hydrogens (tertiary/aromatic N) is 2. The fourth-order valence-corrected chi connectivity index (χ4v) is 3.16. The quantitative estimate of drug-likeness (QED) is 0.778. The second-order valence-corrected chi connectivity index (χ2v) is 6.57. The summed E-state index contributed by atoms with van der Waals surface area (Å²) in [7, 11) is 2.13. The van der Waals surface area contributed by atoms with Gasteiger partial charge in [-0.25, -0.2) is 0 Å². The molecule has 1 aromatic carbocycles. The molecule has 0 radical (unpaired) electrons. The van der Waals surface area contributed by atoms with Crippen LogP contribution in [-0.4, -0.2) is 37.0 Å². The van der Waals surface area contributed by atoms with Crippen LogP contribution in [0, 0.1) is 0 Å². The molecule has 1 atom stereocenters. The molecule has 1 amide bonds. The van der Waals surface area contributed by atoms with Gasteiger partial charge in [0.05, 0.1) is 5.00 Å². The fourth-order valence-electron chi connectivity index (χ4n) is 2.37. The lowest BCUT2D eigenvalue weighted by molar-refractivity contribution is -0.116. The molecular weight excluding hydrogens is 292 g/mol. The molecule has 0 N–H and O–H groups in total. The van der Waals surface area contributed by atoms with Gasteiger partial charge >= 0.3 is 0 Å². The van der Waals surface area contributed by atoms with Crippen molar-refractivity contribution < 1.29 is 4.79 Å². The van der Waals surface area contributed by atoms with E-state index in [9.17, 15) is 4.79 Å². The van der Waals surface area contributed by atoms with E-state index < -0.39 is 0 Å². The smallest absolute Gasteiger partial charge is 0.224 e. The maximum Gasteiger partial charge on any atom is 0.224 e. The van der Waals surface area contributed by atoms with Gasteiger partial charge in [-0.15, -0.1) is 11.3 Å². The third-order valence-electron chi connectivity index (χ3n) is 3.95. The van der Waals surface area contributed by atoms with E-state index in [4.69, 9.17) is 0 Å². The van der Waals surface area contributed by atoms with Crippen molar-refractivity contribution >= 4 is 22.2 Å². The van der Waals surface area contributed by atoms with E-state index >= 15 is 0 Å². The summed E-state index contributed by atoms with van der Waals surface area (Å²) in [5.41, 5.74) is 1.35. The predicted octanol–water partition coefficient (Wildman–Crippen LogP) is 3.66. The maximum atomic E-state index is 11.9. The van der Waals surface area contributed by atoms with Crippen LogP contribution in [0.15, 0.2) is 47.8 Å². The molecule has 4 heteroatoms. The summed E-state index contributed by atoms with van der Waals surface area (Å²) in [5.74, 6) is 0.103. The number of carbonyl (C=O) groups excluding carboxylic acids is 1. The first-order chi connectivity index (χ1) is 10.6. The van der Waals surface area contributed by atoms with Gasteiger partial charge < -0.3 is 9.80 Å². The van der Waals surface area contributed by atoms with Crippen LogP contribution >= 0.6 is 11.3 Å². The van der Waals surface area contributed by atoms with E-state index in [1.54, 1.807) is 18.3 Å². The van der Waals surface area contributed by atoms with Gasteiger partial charge in [0.15, 0.2) is 0 Å². The average molecular weight is 316 g/mol. The van der Waals surface area contributed by atoms with Crippen molar-refractivity contribution in [2.75, 3.05) is 25.0 Å². The highest BCUT2D eigenvalue weighted by Gasteiger charge is 2.18. The molecule has 1 aromatic heterocycles. The third kappa shape index (κ3) is 4.68. The van der Waals surface area contributed by atoms with E-state index in [-0.39, 0.29) is 5.91 Å². The normalized spacial score (nSPS) is 12.4. The molecule has 2 aromatic rings. The lowest BCUT2D eigenvalue weighted by Crippen LogP contribution is -2.42. The Hall–Kier alpha value is -1.65. The van der Waals surface area contributed by atoms with Crippen LogP contribution in [0.1, 0.15) is 19.4 Å². The van der Waals surface area contributed by atoms with Gasteiger partial charge in [0.2, 0.25) is 5.91 Å². The van der Waals surface area contributed by atoms with Crippen molar-refractivity contribution in [1.29, 1.82) is 0 Å². The Morgan fingerprint density at radius 1 is 1.18 bits per heavy atom. The van der Waals surface area contributed by atoms with E-state index in [1.807, 2.05) is 28.5 Å². The number of hydrogen-bond acceptors (Lipinski definition) is 3. The molecule has 2 rings (SSSR count). The molecule has 0 aliphatic heterocycles. The van der Waals surface area contributed by atoms with Crippen molar-refractivity contribution in [3.63, 3.8) is 0 Å². The minimum absolute atomic E-state index is 0.103. The zero-order valence-electron chi connectivity index (χ0n) is 13.5. The predicted molar refractivity (Wildman–Crippen MR) is 94.6 cm³/mol. The minimum Gasteiger partial charge on any atom is -0.302 e.